The molecule has 0 bridgehead atoms. The average molecular weight is 556 g/mol. The molecule has 0 radical (unpaired) electrons. The molecular weight excluding hydrogens is 526 g/mol. The maximum absolute atomic E-state index is 13.9. The lowest BCUT2D eigenvalue weighted by atomic mass is 9.82. The first-order valence-corrected chi connectivity index (χ1v) is 14.0. The van der Waals surface area contributed by atoms with Gasteiger partial charge in [0.15, 0.2) is 5.54 Å². The van der Waals surface area contributed by atoms with Gasteiger partial charge in [-0.2, -0.15) is 4.31 Å². The molecule has 2 aromatic rings. The van der Waals surface area contributed by atoms with Gasteiger partial charge in [-0.3, -0.25) is 14.4 Å². The highest BCUT2D eigenvalue weighted by atomic mass is 32.2. The van der Waals surface area contributed by atoms with Crippen LogP contribution in [-0.2, 0) is 39.4 Å². The number of likely N-dealkylation sites (tertiary alicyclic amines) is 1. The molecule has 0 aliphatic carbocycles. The van der Waals surface area contributed by atoms with Crippen LogP contribution in [0.3, 0.4) is 0 Å². The zero-order valence-corrected chi connectivity index (χ0v) is 22.4. The number of likely N-dealkylation sites (N-methyl/N-ethyl adjacent to an activating group) is 1. The van der Waals surface area contributed by atoms with Gasteiger partial charge in [0, 0.05) is 57.2 Å². The van der Waals surface area contributed by atoms with Gasteiger partial charge in [0.1, 0.15) is 5.76 Å². The molecule has 206 valence electrons. The van der Waals surface area contributed by atoms with E-state index in [0.717, 1.165) is 0 Å². The number of aliphatic hydroxyl groups excluding tert-OH is 1. The lowest BCUT2D eigenvalue weighted by Crippen LogP contribution is -2.51. The van der Waals surface area contributed by atoms with Gasteiger partial charge in [-0.05, 0) is 36.8 Å². The van der Waals surface area contributed by atoms with Gasteiger partial charge in [0.2, 0.25) is 10.0 Å². The number of hydrogen-bond donors (Lipinski definition) is 1. The summed E-state index contributed by atoms with van der Waals surface area (Å²) < 4.78 is 37.8. The Bertz CT molecular complexity index is 1460. The number of morpholine rings is 1. The van der Waals surface area contributed by atoms with Crippen LogP contribution in [0.15, 0.2) is 59.0 Å². The van der Waals surface area contributed by atoms with E-state index in [1.165, 1.54) is 45.5 Å². The summed E-state index contributed by atoms with van der Waals surface area (Å²) in [6.45, 7) is 1.39. The fourth-order valence-corrected chi connectivity index (χ4v) is 6.91. The number of Topliss-reactive ketones (excluding diaryl/α,β-unsaturated/α-hetero) is 1. The molecule has 2 saturated heterocycles. The van der Waals surface area contributed by atoms with Crippen molar-refractivity contribution < 1.29 is 37.4 Å². The number of ether oxygens (including phenoxy) is 2. The highest BCUT2D eigenvalue weighted by Gasteiger charge is 2.66. The summed E-state index contributed by atoms with van der Waals surface area (Å²) in [5.41, 5.74) is -1.20. The second-order valence-corrected chi connectivity index (χ2v) is 11.4. The number of rotatable bonds is 7. The topological polar surface area (TPSA) is 134 Å². The molecule has 2 aromatic carbocycles. The zero-order chi connectivity index (χ0) is 27.9. The third-order valence-electron chi connectivity index (χ3n) is 7.41. The number of methoxy groups -OCH3 is 1. The third-order valence-corrected chi connectivity index (χ3v) is 9.32. The maximum atomic E-state index is 13.9. The predicted octanol–water partition coefficient (Wildman–Crippen LogP) is 1.30. The SMILES string of the molecule is COCCCN1C(=O)C(=O)/C(=C(\O)c2ccc(S(=O)(=O)N3CCOCC3)cc2)C12C(=O)N(C)c1ccccc12. The molecule has 1 atom stereocenters. The van der Waals surface area contributed by atoms with Crippen LogP contribution in [0.2, 0.25) is 0 Å². The lowest BCUT2D eigenvalue weighted by Gasteiger charge is -2.34. The Hall–Kier alpha value is -3.58. The molecule has 3 aliphatic heterocycles. The molecule has 39 heavy (non-hydrogen) atoms. The van der Waals surface area contributed by atoms with E-state index in [1.807, 2.05) is 0 Å². The Morgan fingerprint density at radius 3 is 2.38 bits per heavy atom. The number of anilines is 1. The number of benzene rings is 2. The summed E-state index contributed by atoms with van der Waals surface area (Å²) in [5.74, 6) is -3.00. The van der Waals surface area contributed by atoms with Gasteiger partial charge < -0.3 is 24.4 Å². The van der Waals surface area contributed by atoms with E-state index in [2.05, 4.69) is 0 Å². The Kier molecular flexibility index (Phi) is 7.06. The molecular formula is C27H29N3O8S. The lowest BCUT2D eigenvalue weighted by molar-refractivity contribution is -0.143. The highest BCUT2D eigenvalue weighted by molar-refractivity contribution is 7.89. The number of para-hydroxylation sites is 1. The van der Waals surface area contributed by atoms with Crippen LogP contribution in [0.5, 0.6) is 0 Å². The summed E-state index contributed by atoms with van der Waals surface area (Å²) in [6, 6.07) is 12.2. The van der Waals surface area contributed by atoms with E-state index >= 15 is 0 Å². The first-order valence-electron chi connectivity index (χ1n) is 12.5. The Morgan fingerprint density at radius 1 is 1.05 bits per heavy atom. The third kappa shape index (κ3) is 4.06. The Morgan fingerprint density at radius 2 is 1.72 bits per heavy atom. The fourth-order valence-electron chi connectivity index (χ4n) is 5.50. The van der Waals surface area contributed by atoms with E-state index in [9.17, 15) is 27.9 Å². The molecule has 12 heteroatoms. The minimum absolute atomic E-state index is 0.0118. The van der Waals surface area contributed by atoms with Crippen molar-refractivity contribution in [2.45, 2.75) is 16.9 Å². The van der Waals surface area contributed by atoms with Crippen LogP contribution < -0.4 is 4.90 Å². The molecule has 1 spiro atoms. The fraction of sp³-hybridized carbons (Fsp3) is 0.370. The van der Waals surface area contributed by atoms with Crippen LogP contribution in [0.1, 0.15) is 17.5 Å². The quantitative estimate of drug-likeness (QED) is 0.234. The van der Waals surface area contributed by atoms with Gasteiger partial charge in [0.25, 0.3) is 17.6 Å². The summed E-state index contributed by atoms with van der Waals surface area (Å²) in [5, 5.41) is 11.5. The zero-order valence-electron chi connectivity index (χ0n) is 21.6. The molecule has 1 N–H and O–H groups in total. The highest BCUT2D eigenvalue weighted by Crippen LogP contribution is 2.53. The largest absolute Gasteiger partial charge is 0.507 e. The van der Waals surface area contributed by atoms with Crippen molar-refractivity contribution in [1.82, 2.24) is 9.21 Å². The van der Waals surface area contributed by atoms with E-state index in [-0.39, 0.29) is 35.7 Å². The first-order chi connectivity index (χ1) is 18.7. The molecule has 2 amide bonds. The average Bonchev–Trinajstić information content (AvgIpc) is 3.32. The smallest absolute Gasteiger partial charge is 0.296 e. The number of carbonyl (C=O) groups excluding carboxylic acids is 3. The number of ketones is 1. The molecule has 2 fully saturated rings. The van der Waals surface area contributed by atoms with E-state index in [0.29, 0.717) is 37.5 Å². The Labute approximate surface area is 226 Å². The van der Waals surface area contributed by atoms with E-state index in [1.54, 1.807) is 31.3 Å². The van der Waals surface area contributed by atoms with Crippen LogP contribution in [0.4, 0.5) is 5.69 Å². The summed E-state index contributed by atoms with van der Waals surface area (Å²) in [7, 11) is -0.727. The Balaban J connectivity index is 1.64. The summed E-state index contributed by atoms with van der Waals surface area (Å²) >= 11 is 0. The number of fused-ring (bicyclic) bond motifs is 2. The molecule has 5 rings (SSSR count). The van der Waals surface area contributed by atoms with Crippen LogP contribution in [0.25, 0.3) is 5.76 Å². The number of hydrogen-bond acceptors (Lipinski definition) is 8. The molecule has 1 unspecified atom stereocenters. The number of aliphatic hydroxyl groups is 1. The van der Waals surface area contributed by atoms with Crippen LogP contribution in [0, 0.1) is 0 Å². The molecule has 0 saturated carbocycles. The van der Waals surface area contributed by atoms with Crippen molar-refractivity contribution in [3.63, 3.8) is 0 Å². The van der Waals surface area contributed by atoms with Crippen LogP contribution >= 0.6 is 0 Å². The number of amides is 2. The standard InChI is InChI=1S/C27H29N3O8S/c1-28-21-7-4-3-6-20(21)27(26(28)34)22(24(32)25(33)30(27)12-5-15-37-2)23(31)18-8-10-19(11-9-18)39(35,36)29-13-16-38-17-14-29/h3-4,6-11,31H,5,12-17H2,1-2H3/b23-22+. The van der Waals surface area contributed by atoms with Crippen molar-refractivity contribution in [2.24, 2.45) is 0 Å². The number of sulfonamides is 1. The molecule has 3 heterocycles. The van der Waals surface area contributed by atoms with Crippen LogP contribution in [-0.4, -0.2) is 93.9 Å². The second-order valence-electron chi connectivity index (χ2n) is 9.49. The van der Waals surface area contributed by atoms with Gasteiger partial charge in [-0.25, -0.2) is 8.42 Å². The van der Waals surface area contributed by atoms with Crippen molar-refractivity contribution in [3.05, 3.63) is 65.2 Å². The van der Waals surface area contributed by atoms with Crippen molar-refractivity contribution in [1.29, 1.82) is 0 Å². The molecule has 3 aliphatic rings. The summed E-state index contributed by atoms with van der Waals surface area (Å²) in [6.07, 6.45) is 0.360. The minimum Gasteiger partial charge on any atom is -0.507 e. The predicted molar refractivity (Wildman–Crippen MR) is 140 cm³/mol. The van der Waals surface area contributed by atoms with Gasteiger partial charge in [-0.15, -0.1) is 0 Å². The monoisotopic (exact) mass is 555 g/mol. The maximum Gasteiger partial charge on any atom is 0.296 e. The van der Waals surface area contributed by atoms with E-state index in [4.69, 9.17) is 9.47 Å². The minimum atomic E-state index is -3.79. The number of carbonyl (C=O) groups is 3. The van der Waals surface area contributed by atoms with Gasteiger partial charge >= 0.3 is 0 Å². The van der Waals surface area contributed by atoms with Crippen molar-refractivity contribution in [2.75, 3.05) is 58.5 Å². The normalized spacial score (nSPS) is 23.2. The van der Waals surface area contributed by atoms with Gasteiger partial charge in [-0.1, -0.05) is 18.2 Å². The van der Waals surface area contributed by atoms with Gasteiger partial charge in [0.05, 0.1) is 23.7 Å². The molecule has 0 aromatic heterocycles. The molecule has 11 nitrogen and oxygen atoms in total. The number of nitrogens with zero attached hydrogens (tertiary/aromatic N) is 3. The second kappa shape index (κ2) is 10.2. The summed E-state index contributed by atoms with van der Waals surface area (Å²) in [4.78, 5) is 43.4. The van der Waals surface area contributed by atoms with Crippen molar-refractivity contribution >= 4 is 39.1 Å². The van der Waals surface area contributed by atoms with Crippen molar-refractivity contribution in [3.8, 4) is 0 Å². The first kappa shape index (κ1) is 27.0. The van der Waals surface area contributed by atoms with E-state index < -0.39 is 38.9 Å².